The third kappa shape index (κ3) is 11.1. The molecule has 0 atom stereocenters. The van der Waals surface area contributed by atoms with E-state index in [0.29, 0.717) is 0 Å². The van der Waals surface area contributed by atoms with E-state index in [9.17, 15) is 0 Å². The first kappa shape index (κ1) is 15.8. The van der Waals surface area contributed by atoms with Gasteiger partial charge < -0.3 is 0 Å². The third-order valence-corrected chi connectivity index (χ3v) is 3.38. The van der Waals surface area contributed by atoms with E-state index in [1.54, 1.807) is 0 Å². The van der Waals surface area contributed by atoms with Crippen molar-refractivity contribution in [2.24, 2.45) is 0 Å². The molecular formula is C10H14Cl4P+. The molecule has 0 aliphatic rings. The van der Waals surface area contributed by atoms with E-state index in [2.05, 4.69) is 50.3 Å². The molecule has 0 saturated heterocycles. The number of hydrogen-bond donors (Lipinski definition) is 0. The summed E-state index contributed by atoms with van der Waals surface area (Å²) in [6.07, 6.45) is 0. The van der Waals surface area contributed by atoms with Crippen molar-refractivity contribution in [1.82, 2.24) is 0 Å². The van der Waals surface area contributed by atoms with Crippen molar-refractivity contribution < 1.29 is 0 Å². The van der Waals surface area contributed by atoms with Gasteiger partial charge in [-0.25, -0.2) is 0 Å². The Balaban J connectivity index is 0.000000336. The largest absolute Gasteiger partial charge is 0.266 e. The fraction of sp³-hybridized carbons (Fsp3) is 0.400. The van der Waals surface area contributed by atoms with Gasteiger partial charge in [-0.1, -0.05) is 64.6 Å². The highest BCUT2D eigenvalue weighted by atomic mass is 35.6. The van der Waals surface area contributed by atoms with E-state index >= 15 is 0 Å². The van der Waals surface area contributed by atoms with Gasteiger partial charge in [-0.2, -0.15) is 0 Å². The maximum absolute atomic E-state index is 4.83. The van der Waals surface area contributed by atoms with Gasteiger partial charge in [-0.15, -0.1) is 0 Å². The molecule has 0 N–H and O–H groups in total. The number of alkyl halides is 4. The molecule has 0 unspecified atom stereocenters. The van der Waals surface area contributed by atoms with Gasteiger partial charge in [0.25, 0.3) is 3.25 Å². The van der Waals surface area contributed by atoms with Crippen LogP contribution in [0.2, 0.25) is 0 Å². The molecule has 0 saturated carbocycles. The first-order valence-electron chi connectivity index (χ1n) is 4.23. The molecule has 0 nitrogen and oxygen atoms in total. The summed E-state index contributed by atoms with van der Waals surface area (Å²) < 4.78 is -1.61. The van der Waals surface area contributed by atoms with Crippen LogP contribution in [-0.2, 0) is 0 Å². The molecule has 0 radical (unpaired) electrons. The summed E-state index contributed by atoms with van der Waals surface area (Å²) in [4.78, 5) is 0. The van der Waals surface area contributed by atoms with Crippen LogP contribution in [-0.4, -0.2) is 23.2 Å². The van der Waals surface area contributed by atoms with Crippen LogP contribution in [0.15, 0.2) is 30.3 Å². The second kappa shape index (κ2) is 6.52. The highest BCUT2D eigenvalue weighted by Crippen LogP contribution is 2.44. The topological polar surface area (TPSA) is 0 Å². The number of hydrogen-bond acceptors (Lipinski definition) is 0. The molecule has 0 aromatic heterocycles. The second-order valence-electron chi connectivity index (χ2n) is 3.78. The molecule has 5 heteroatoms. The lowest BCUT2D eigenvalue weighted by Crippen LogP contribution is -2.05. The Morgan fingerprint density at radius 3 is 1.40 bits per heavy atom. The van der Waals surface area contributed by atoms with E-state index in [-0.39, 0.29) is 0 Å². The Hall–Kier alpha value is 0.810. The van der Waals surface area contributed by atoms with Gasteiger partial charge in [-0.3, -0.25) is 0 Å². The van der Waals surface area contributed by atoms with Crippen molar-refractivity contribution in [2.75, 3.05) is 20.0 Å². The van der Waals surface area contributed by atoms with Crippen molar-refractivity contribution in [3.8, 4) is 0 Å². The van der Waals surface area contributed by atoms with Crippen LogP contribution < -0.4 is 5.30 Å². The molecule has 0 amide bonds. The van der Waals surface area contributed by atoms with Crippen LogP contribution in [0.1, 0.15) is 0 Å². The van der Waals surface area contributed by atoms with Gasteiger partial charge >= 0.3 is 0 Å². The number of benzene rings is 1. The summed E-state index contributed by atoms with van der Waals surface area (Å²) >= 11 is 19.3. The zero-order valence-corrected chi connectivity index (χ0v) is 12.8. The summed E-state index contributed by atoms with van der Waals surface area (Å²) in [5.41, 5.74) is 0. The molecular weight excluding hydrogens is 293 g/mol. The molecule has 0 fully saturated rings. The predicted octanol–water partition coefficient (Wildman–Crippen LogP) is 4.77. The smallest absolute Gasteiger partial charge is 0.0664 e. The zero-order chi connectivity index (χ0) is 12.1. The second-order valence-corrected chi connectivity index (χ2v) is 11.7. The Morgan fingerprint density at radius 2 is 1.20 bits per heavy atom. The van der Waals surface area contributed by atoms with Gasteiger partial charge in [-0.05, 0) is 12.1 Å². The SMILES string of the molecule is C[P+](C)(C)c1ccccc1.ClC(Cl)(Cl)Cl. The van der Waals surface area contributed by atoms with E-state index in [0.717, 1.165) is 0 Å². The summed E-state index contributed by atoms with van der Waals surface area (Å²) in [6, 6.07) is 10.7. The fourth-order valence-electron chi connectivity index (χ4n) is 0.875. The number of halogens is 4. The lowest BCUT2D eigenvalue weighted by atomic mass is 10.4. The van der Waals surface area contributed by atoms with Crippen LogP contribution in [0.3, 0.4) is 0 Å². The van der Waals surface area contributed by atoms with Gasteiger partial charge in [0, 0.05) is 7.26 Å². The molecule has 0 bridgehead atoms. The molecule has 1 aromatic carbocycles. The Bertz CT molecular complexity index is 268. The van der Waals surface area contributed by atoms with E-state index in [1.165, 1.54) is 5.30 Å². The van der Waals surface area contributed by atoms with Crippen LogP contribution in [0.25, 0.3) is 0 Å². The summed E-state index contributed by atoms with van der Waals surface area (Å²) in [7, 11) is -0.768. The van der Waals surface area contributed by atoms with Crippen LogP contribution in [0.4, 0.5) is 0 Å². The van der Waals surface area contributed by atoms with Crippen molar-refractivity contribution in [3.63, 3.8) is 0 Å². The fourth-order valence-corrected chi connectivity index (χ4v) is 1.94. The summed E-state index contributed by atoms with van der Waals surface area (Å²) in [5.74, 6) is 0. The molecule has 0 aliphatic heterocycles. The third-order valence-electron chi connectivity index (χ3n) is 1.53. The van der Waals surface area contributed by atoms with Gasteiger partial charge in [0.1, 0.15) is 0 Å². The van der Waals surface area contributed by atoms with E-state index in [1.807, 2.05) is 0 Å². The van der Waals surface area contributed by atoms with Crippen molar-refractivity contribution in [2.45, 2.75) is 3.25 Å². The highest BCUT2D eigenvalue weighted by Gasteiger charge is 2.19. The van der Waals surface area contributed by atoms with Crippen LogP contribution >= 0.6 is 53.7 Å². The van der Waals surface area contributed by atoms with Crippen LogP contribution in [0, 0.1) is 0 Å². The van der Waals surface area contributed by atoms with Gasteiger partial charge in [0.15, 0.2) is 0 Å². The maximum Gasteiger partial charge on any atom is 0.266 e. The van der Waals surface area contributed by atoms with Crippen LogP contribution in [0.5, 0.6) is 0 Å². The van der Waals surface area contributed by atoms with Gasteiger partial charge in [0.2, 0.25) is 0 Å². The standard InChI is InChI=1S/C9H14P.CCl4/c1-10(2,3)9-7-5-4-6-8-9;2-1(3,4)5/h4-8H,1-3H3;/q+1;. The maximum atomic E-state index is 4.83. The minimum atomic E-state index is -1.61. The first-order chi connectivity index (χ1) is 6.61. The zero-order valence-electron chi connectivity index (χ0n) is 8.85. The van der Waals surface area contributed by atoms with E-state index < -0.39 is 10.5 Å². The molecule has 1 rings (SSSR count). The average molecular weight is 307 g/mol. The highest BCUT2D eigenvalue weighted by molar-refractivity contribution is 7.80. The minimum Gasteiger partial charge on any atom is -0.0664 e. The minimum absolute atomic E-state index is 0.768. The molecule has 0 heterocycles. The predicted molar refractivity (Wildman–Crippen MR) is 76.9 cm³/mol. The summed E-state index contributed by atoms with van der Waals surface area (Å²) in [6.45, 7) is 7.01. The van der Waals surface area contributed by atoms with E-state index in [4.69, 9.17) is 46.4 Å². The molecule has 1 aromatic rings. The molecule has 15 heavy (non-hydrogen) atoms. The Labute approximate surface area is 112 Å². The summed E-state index contributed by atoms with van der Waals surface area (Å²) in [5, 5.41) is 1.51. The average Bonchev–Trinajstić information content (AvgIpc) is 2.01. The quantitative estimate of drug-likeness (QED) is 0.518. The van der Waals surface area contributed by atoms with Gasteiger partial charge in [0.05, 0.1) is 25.3 Å². The normalized spacial score (nSPS) is 11.7. The van der Waals surface area contributed by atoms with Crippen molar-refractivity contribution >= 4 is 59.0 Å². The Morgan fingerprint density at radius 1 is 0.867 bits per heavy atom. The Kier molecular flexibility index (Phi) is 6.87. The van der Waals surface area contributed by atoms with Crippen molar-refractivity contribution in [3.05, 3.63) is 30.3 Å². The first-order valence-corrected chi connectivity index (χ1v) is 8.87. The lowest BCUT2D eigenvalue weighted by Gasteiger charge is -2.10. The molecule has 0 aliphatic carbocycles. The monoisotopic (exact) mass is 305 g/mol. The molecule has 0 spiro atoms. The number of rotatable bonds is 1. The molecule has 86 valence electrons. The lowest BCUT2D eigenvalue weighted by molar-refractivity contribution is 1.75. The van der Waals surface area contributed by atoms with Crippen molar-refractivity contribution in [1.29, 1.82) is 0 Å².